The maximum absolute atomic E-state index is 11.9. The average molecular weight is 341 g/mol. The van der Waals surface area contributed by atoms with Crippen LogP contribution in [0.5, 0.6) is 0 Å². The number of aryl methyl sites for hydroxylation is 1. The number of hydrogen-bond donors (Lipinski definition) is 1. The SMILES string of the molecule is Cc1cc(Br)cc(NC(=O)c2ccc([N+](=O)[O-])s2)c1. The van der Waals surface area contributed by atoms with Gasteiger partial charge in [-0.25, -0.2) is 0 Å². The van der Waals surface area contributed by atoms with Crippen LogP contribution in [0.25, 0.3) is 0 Å². The predicted molar refractivity (Wildman–Crippen MR) is 77.8 cm³/mol. The summed E-state index contributed by atoms with van der Waals surface area (Å²) in [5.74, 6) is -0.351. The minimum atomic E-state index is -0.509. The first-order valence-corrected chi connectivity index (χ1v) is 6.89. The monoisotopic (exact) mass is 340 g/mol. The summed E-state index contributed by atoms with van der Waals surface area (Å²) in [5.41, 5.74) is 1.65. The van der Waals surface area contributed by atoms with E-state index in [9.17, 15) is 14.9 Å². The van der Waals surface area contributed by atoms with Crippen LogP contribution in [-0.2, 0) is 0 Å². The Morgan fingerprint density at radius 2 is 2.11 bits per heavy atom. The number of carbonyl (C=O) groups excluding carboxylic acids is 1. The van der Waals surface area contributed by atoms with Crippen molar-refractivity contribution in [3.8, 4) is 0 Å². The van der Waals surface area contributed by atoms with Gasteiger partial charge in [-0.15, -0.1) is 0 Å². The zero-order valence-corrected chi connectivity index (χ0v) is 12.2. The minimum Gasteiger partial charge on any atom is -0.321 e. The van der Waals surface area contributed by atoms with Crippen LogP contribution < -0.4 is 5.32 Å². The molecule has 2 rings (SSSR count). The Bertz CT molecular complexity index is 634. The van der Waals surface area contributed by atoms with Crippen LogP contribution in [0.15, 0.2) is 34.8 Å². The Hall–Kier alpha value is -1.73. The Labute approximate surface area is 121 Å². The number of carbonyl (C=O) groups is 1. The van der Waals surface area contributed by atoms with E-state index in [1.807, 2.05) is 19.1 Å². The lowest BCUT2D eigenvalue weighted by atomic mass is 10.2. The molecule has 1 N–H and O–H groups in total. The molecule has 0 radical (unpaired) electrons. The van der Waals surface area contributed by atoms with Crippen LogP contribution in [0.3, 0.4) is 0 Å². The van der Waals surface area contributed by atoms with Gasteiger partial charge in [-0.05, 0) is 36.8 Å². The van der Waals surface area contributed by atoms with E-state index in [4.69, 9.17) is 0 Å². The molecule has 0 fully saturated rings. The molecule has 0 bridgehead atoms. The summed E-state index contributed by atoms with van der Waals surface area (Å²) in [6, 6.07) is 8.29. The summed E-state index contributed by atoms with van der Waals surface area (Å²) in [7, 11) is 0. The maximum Gasteiger partial charge on any atom is 0.324 e. The molecule has 2 aromatic rings. The zero-order chi connectivity index (χ0) is 14.0. The van der Waals surface area contributed by atoms with E-state index < -0.39 is 4.92 Å². The summed E-state index contributed by atoms with van der Waals surface area (Å²) in [5, 5.41) is 13.2. The third-order valence-electron chi connectivity index (χ3n) is 2.30. The number of benzene rings is 1. The van der Waals surface area contributed by atoms with Crippen LogP contribution >= 0.6 is 27.3 Å². The highest BCUT2D eigenvalue weighted by Gasteiger charge is 2.15. The van der Waals surface area contributed by atoms with Gasteiger partial charge in [0.05, 0.1) is 9.80 Å². The van der Waals surface area contributed by atoms with Gasteiger partial charge in [0.1, 0.15) is 0 Å². The molecule has 98 valence electrons. The van der Waals surface area contributed by atoms with Crippen molar-refractivity contribution in [2.45, 2.75) is 6.92 Å². The van der Waals surface area contributed by atoms with Crippen molar-refractivity contribution in [3.05, 3.63) is 55.4 Å². The summed E-state index contributed by atoms with van der Waals surface area (Å²) < 4.78 is 0.861. The molecular formula is C12H9BrN2O3S. The molecule has 0 aliphatic rings. The van der Waals surface area contributed by atoms with Crippen LogP contribution in [0, 0.1) is 17.0 Å². The summed E-state index contributed by atoms with van der Waals surface area (Å²) in [4.78, 5) is 22.3. The second-order valence-electron chi connectivity index (χ2n) is 3.87. The first-order valence-electron chi connectivity index (χ1n) is 5.28. The van der Waals surface area contributed by atoms with Gasteiger partial charge in [-0.3, -0.25) is 14.9 Å². The number of hydrogen-bond acceptors (Lipinski definition) is 4. The van der Waals surface area contributed by atoms with Crippen LogP contribution in [0.2, 0.25) is 0 Å². The molecule has 7 heteroatoms. The predicted octanol–water partition coefficient (Wildman–Crippen LogP) is 3.98. The molecule has 0 aliphatic heterocycles. The molecule has 19 heavy (non-hydrogen) atoms. The van der Waals surface area contributed by atoms with Gasteiger partial charge in [0.2, 0.25) is 0 Å². The van der Waals surface area contributed by atoms with Gasteiger partial charge in [-0.1, -0.05) is 27.3 Å². The second kappa shape index (κ2) is 5.50. The Kier molecular flexibility index (Phi) is 3.96. The zero-order valence-electron chi connectivity index (χ0n) is 9.84. The number of nitro groups is 1. The largest absolute Gasteiger partial charge is 0.324 e. The quantitative estimate of drug-likeness (QED) is 0.678. The smallest absolute Gasteiger partial charge is 0.321 e. The van der Waals surface area contributed by atoms with E-state index in [0.29, 0.717) is 10.6 Å². The lowest BCUT2D eigenvalue weighted by Crippen LogP contribution is -2.10. The van der Waals surface area contributed by atoms with Crippen molar-refractivity contribution < 1.29 is 9.72 Å². The molecule has 0 aliphatic carbocycles. The first-order chi connectivity index (χ1) is 8.95. The standard InChI is InChI=1S/C12H9BrN2O3S/c1-7-4-8(13)6-9(5-7)14-12(16)10-2-3-11(19-10)15(17)18/h2-6H,1H3,(H,14,16). The van der Waals surface area contributed by atoms with Crippen molar-refractivity contribution in [2.75, 3.05) is 5.32 Å². The molecule has 0 spiro atoms. The fourth-order valence-corrected chi connectivity index (χ4v) is 2.87. The number of halogens is 1. The summed E-state index contributed by atoms with van der Waals surface area (Å²) in [6.45, 7) is 1.91. The van der Waals surface area contributed by atoms with Gasteiger partial charge in [0.25, 0.3) is 5.91 Å². The van der Waals surface area contributed by atoms with Crippen molar-refractivity contribution in [3.63, 3.8) is 0 Å². The third-order valence-corrected chi connectivity index (χ3v) is 3.79. The van der Waals surface area contributed by atoms with Crippen molar-refractivity contribution >= 4 is 43.9 Å². The van der Waals surface area contributed by atoms with Crippen molar-refractivity contribution in [1.29, 1.82) is 0 Å². The van der Waals surface area contributed by atoms with E-state index in [0.717, 1.165) is 21.4 Å². The summed E-state index contributed by atoms with van der Waals surface area (Å²) >= 11 is 4.20. The molecule has 0 saturated carbocycles. The number of amides is 1. The number of anilines is 1. The molecule has 1 aromatic heterocycles. The van der Waals surface area contributed by atoms with Gasteiger partial charge in [-0.2, -0.15) is 0 Å². The van der Waals surface area contributed by atoms with E-state index in [-0.39, 0.29) is 10.9 Å². The molecule has 0 unspecified atom stereocenters. The highest BCUT2D eigenvalue weighted by molar-refractivity contribution is 9.10. The normalized spacial score (nSPS) is 10.2. The van der Waals surface area contributed by atoms with Crippen LogP contribution in [0.1, 0.15) is 15.2 Å². The van der Waals surface area contributed by atoms with Gasteiger partial charge in [0, 0.05) is 16.2 Å². The van der Waals surface area contributed by atoms with Crippen LogP contribution in [0.4, 0.5) is 10.7 Å². The lowest BCUT2D eigenvalue weighted by molar-refractivity contribution is -0.380. The van der Waals surface area contributed by atoms with E-state index in [1.165, 1.54) is 12.1 Å². The third kappa shape index (κ3) is 3.39. The molecule has 1 amide bonds. The molecular weight excluding hydrogens is 332 g/mol. The van der Waals surface area contributed by atoms with E-state index in [1.54, 1.807) is 6.07 Å². The molecule has 1 heterocycles. The van der Waals surface area contributed by atoms with Gasteiger partial charge < -0.3 is 5.32 Å². The van der Waals surface area contributed by atoms with Crippen molar-refractivity contribution in [1.82, 2.24) is 0 Å². The van der Waals surface area contributed by atoms with Gasteiger partial charge in [0.15, 0.2) is 0 Å². The second-order valence-corrected chi connectivity index (χ2v) is 5.84. The maximum atomic E-state index is 11.9. The van der Waals surface area contributed by atoms with E-state index >= 15 is 0 Å². The summed E-state index contributed by atoms with van der Waals surface area (Å²) in [6.07, 6.45) is 0. The van der Waals surface area contributed by atoms with Gasteiger partial charge >= 0.3 is 5.00 Å². The number of nitrogens with zero attached hydrogens (tertiary/aromatic N) is 1. The molecule has 5 nitrogen and oxygen atoms in total. The van der Waals surface area contributed by atoms with Crippen molar-refractivity contribution in [2.24, 2.45) is 0 Å². The molecule has 1 aromatic carbocycles. The highest BCUT2D eigenvalue weighted by Crippen LogP contribution is 2.25. The number of rotatable bonds is 3. The Morgan fingerprint density at radius 1 is 1.37 bits per heavy atom. The fourth-order valence-electron chi connectivity index (χ4n) is 1.55. The fraction of sp³-hybridized carbons (Fsp3) is 0.0833. The first kappa shape index (κ1) is 13.7. The van der Waals surface area contributed by atoms with Crippen LogP contribution in [-0.4, -0.2) is 10.8 Å². The Morgan fingerprint density at radius 3 is 2.68 bits per heavy atom. The average Bonchev–Trinajstić information content (AvgIpc) is 2.76. The Balaban J connectivity index is 2.18. The molecule has 0 saturated heterocycles. The lowest BCUT2D eigenvalue weighted by Gasteiger charge is -2.05. The topological polar surface area (TPSA) is 72.2 Å². The molecule has 0 atom stereocenters. The number of thiophene rings is 1. The highest BCUT2D eigenvalue weighted by atomic mass is 79.9. The minimum absolute atomic E-state index is 0.0458. The number of nitrogens with one attached hydrogen (secondary N) is 1. The van der Waals surface area contributed by atoms with E-state index in [2.05, 4.69) is 21.2 Å².